The van der Waals surface area contributed by atoms with Crippen LogP contribution in [0, 0.1) is 5.92 Å². The maximum atomic E-state index is 12.1. The maximum absolute atomic E-state index is 12.1. The van der Waals surface area contributed by atoms with Gasteiger partial charge in [0.25, 0.3) is 5.91 Å². The van der Waals surface area contributed by atoms with Crippen molar-refractivity contribution in [1.82, 2.24) is 15.1 Å². The number of aromatic nitrogens is 2. The van der Waals surface area contributed by atoms with Crippen LogP contribution in [-0.4, -0.2) is 28.2 Å². The summed E-state index contributed by atoms with van der Waals surface area (Å²) in [5.41, 5.74) is 2.84. The maximum Gasteiger partial charge on any atom is 0.258 e. The van der Waals surface area contributed by atoms with Crippen molar-refractivity contribution >= 4 is 17.5 Å². The first-order valence-electron chi connectivity index (χ1n) is 10.0. The fraction of sp³-hybridized carbons (Fsp3) is 0.261. The van der Waals surface area contributed by atoms with Crippen molar-refractivity contribution in [1.29, 1.82) is 0 Å². The number of hydrogen-bond acceptors (Lipinski definition) is 4. The van der Waals surface area contributed by atoms with Gasteiger partial charge in [-0.05, 0) is 42.2 Å². The molecule has 3 aromatic rings. The molecule has 0 unspecified atom stereocenters. The zero-order chi connectivity index (χ0) is 20.8. The molecule has 1 aromatic heterocycles. The van der Waals surface area contributed by atoms with E-state index in [0.29, 0.717) is 24.5 Å². The predicted molar refractivity (Wildman–Crippen MR) is 113 cm³/mol. The van der Waals surface area contributed by atoms with Gasteiger partial charge in [0.05, 0.1) is 6.54 Å². The van der Waals surface area contributed by atoms with E-state index in [1.807, 2.05) is 47.3 Å². The number of anilines is 1. The Morgan fingerprint density at radius 3 is 2.60 bits per heavy atom. The highest BCUT2D eigenvalue weighted by Gasteiger charge is 2.29. The van der Waals surface area contributed by atoms with Crippen molar-refractivity contribution in [3.8, 4) is 5.75 Å². The van der Waals surface area contributed by atoms with Gasteiger partial charge in [-0.25, -0.2) is 0 Å². The second-order valence-corrected chi connectivity index (χ2v) is 7.38. The van der Waals surface area contributed by atoms with Crippen LogP contribution in [0.25, 0.3) is 0 Å². The largest absolute Gasteiger partial charge is 0.484 e. The topological polar surface area (TPSA) is 85.2 Å². The van der Waals surface area contributed by atoms with Crippen molar-refractivity contribution in [3.05, 3.63) is 78.1 Å². The van der Waals surface area contributed by atoms with Crippen LogP contribution in [-0.2, 0) is 22.7 Å². The van der Waals surface area contributed by atoms with Crippen molar-refractivity contribution in [2.45, 2.75) is 25.9 Å². The summed E-state index contributed by atoms with van der Waals surface area (Å²) < 4.78 is 7.42. The first-order valence-corrected chi connectivity index (χ1v) is 10.0. The van der Waals surface area contributed by atoms with Crippen LogP contribution in [0.2, 0.25) is 0 Å². The minimum atomic E-state index is -0.206. The Labute approximate surface area is 175 Å². The van der Waals surface area contributed by atoms with Crippen molar-refractivity contribution in [2.75, 3.05) is 11.9 Å². The molecule has 2 N–H and O–H groups in total. The molecule has 0 atom stereocenters. The van der Waals surface area contributed by atoms with Gasteiger partial charge in [0.2, 0.25) is 5.91 Å². The van der Waals surface area contributed by atoms with E-state index < -0.39 is 0 Å². The minimum Gasteiger partial charge on any atom is -0.484 e. The molecule has 7 nitrogen and oxygen atoms in total. The van der Waals surface area contributed by atoms with Crippen molar-refractivity contribution < 1.29 is 14.3 Å². The number of rotatable bonds is 9. The van der Waals surface area contributed by atoms with Crippen LogP contribution in [0.1, 0.15) is 24.0 Å². The third-order valence-electron chi connectivity index (χ3n) is 4.84. The Bertz CT molecular complexity index is 996. The van der Waals surface area contributed by atoms with Gasteiger partial charge < -0.3 is 15.4 Å². The third kappa shape index (κ3) is 5.70. The highest BCUT2D eigenvalue weighted by Crippen LogP contribution is 2.30. The second-order valence-electron chi connectivity index (χ2n) is 7.38. The van der Waals surface area contributed by atoms with Gasteiger partial charge in [0.1, 0.15) is 5.75 Å². The van der Waals surface area contributed by atoms with Crippen molar-refractivity contribution in [2.24, 2.45) is 5.92 Å². The van der Waals surface area contributed by atoms with E-state index in [2.05, 4.69) is 15.7 Å². The molecule has 7 heteroatoms. The monoisotopic (exact) mass is 404 g/mol. The summed E-state index contributed by atoms with van der Waals surface area (Å²) in [5, 5.41) is 9.92. The van der Waals surface area contributed by atoms with Gasteiger partial charge in [0, 0.05) is 36.6 Å². The lowest BCUT2D eigenvalue weighted by molar-refractivity contribution is -0.123. The third-order valence-corrected chi connectivity index (χ3v) is 4.84. The Morgan fingerprint density at radius 1 is 1.07 bits per heavy atom. The molecule has 2 aromatic carbocycles. The van der Waals surface area contributed by atoms with Crippen LogP contribution in [0.5, 0.6) is 5.75 Å². The second kappa shape index (κ2) is 9.26. The summed E-state index contributed by atoms with van der Waals surface area (Å²) in [6.45, 7) is 1.06. The highest BCUT2D eigenvalue weighted by atomic mass is 16.5. The van der Waals surface area contributed by atoms with Gasteiger partial charge in [-0.1, -0.05) is 30.3 Å². The van der Waals surface area contributed by atoms with E-state index in [4.69, 9.17) is 4.74 Å². The number of benzene rings is 2. The molecule has 1 heterocycles. The average Bonchev–Trinajstić information content (AvgIpc) is 3.50. The van der Waals surface area contributed by atoms with Crippen LogP contribution in [0.3, 0.4) is 0 Å². The first kappa shape index (κ1) is 19.7. The van der Waals surface area contributed by atoms with Crippen LogP contribution >= 0.6 is 0 Å². The van der Waals surface area contributed by atoms with Crippen LogP contribution in [0.4, 0.5) is 5.69 Å². The molecule has 0 saturated heterocycles. The van der Waals surface area contributed by atoms with Crippen LogP contribution in [0.15, 0.2) is 67.0 Å². The van der Waals surface area contributed by atoms with E-state index in [1.54, 1.807) is 24.4 Å². The van der Waals surface area contributed by atoms with E-state index in [9.17, 15) is 9.59 Å². The lowest BCUT2D eigenvalue weighted by atomic mass is 10.1. The average molecular weight is 404 g/mol. The normalized spacial score (nSPS) is 12.9. The zero-order valence-electron chi connectivity index (χ0n) is 16.6. The fourth-order valence-electron chi connectivity index (χ4n) is 3.00. The van der Waals surface area contributed by atoms with E-state index in [0.717, 1.165) is 24.0 Å². The fourth-order valence-corrected chi connectivity index (χ4v) is 3.00. The molecule has 154 valence electrons. The molecule has 0 radical (unpaired) electrons. The SMILES string of the molecule is O=C(COc1cccc(NC(=O)C2CC2)c1)NCc1ccc(Cn2cccn2)cc1. The van der Waals surface area contributed by atoms with Gasteiger partial charge in [0.15, 0.2) is 6.61 Å². The minimum absolute atomic E-state index is 0.0422. The molecule has 2 amide bonds. The van der Waals surface area contributed by atoms with E-state index in [-0.39, 0.29) is 24.3 Å². The Morgan fingerprint density at radius 2 is 1.87 bits per heavy atom. The Hall–Kier alpha value is -3.61. The Balaban J connectivity index is 1.21. The predicted octanol–water partition coefficient (Wildman–Crippen LogP) is 2.98. The molecule has 0 spiro atoms. The standard InChI is InChI=1S/C23H24N4O3/c28-22(16-30-21-4-1-3-20(13-21)26-23(29)19-9-10-19)24-14-17-5-7-18(8-6-17)15-27-12-2-11-25-27/h1-8,11-13,19H,9-10,14-16H2,(H,24,28)(H,26,29). The summed E-state index contributed by atoms with van der Waals surface area (Å²) in [6, 6.07) is 17.0. The highest BCUT2D eigenvalue weighted by molar-refractivity contribution is 5.94. The quantitative estimate of drug-likeness (QED) is 0.574. The number of carbonyl (C=O) groups excluding carboxylic acids is 2. The lowest BCUT2D eigenvalue weighted by Crippen LogP contribution is -2.28. The molecule has 0 aliphatic heterocycles. The van der Waals surface area contributed by atoms with Gasteiger partial charge in [-0.15, -0.1) is 0 Å². The first-order chi connectivity index (χ1) is 14.7. The number of amides is 2. The number of hydrogen-bond donors (Lipinski definition) is 2. The summed E-state index contributed by atoms with van der Waals surface area (Å²) in [4.78, 5) is 24.0. The molecule has 1 fully saturated rings. The van der Waals surface area contributed by atoms with Crippen LogP contribution < -0.4 is 15.4 Å². The molecule has 1 aliphatic carbocycles. The lowest BCUT2D eigenvalue weighted by Gasteiger charge is -2.10. The summed E-state index contributed by atoms with van der Waals surface area (Å²) in [5.74, 6) is 0.519. The summed E-state index contributed by atoms with van der Waals surface area (Å²) >= 11 is 0. The number of nitrogens with one attached hydrogen (secondary N) is 2. The summed E-state index contributed by atoms with van der Waals surface area (Å²) in [7, 11) is 0. The van der Waals surface area contributed by atoms with Crippen molar-refractivity contribution in [3.63, 3.8) is 0 Å². The number of nitrogens with zero attached hydrogens (tertiary/aromatic N) is 2. The Kier molecular flexibility index (Phi) is 6.08. The molecule has 30 heavy (non-hydrogen) atoms. The zero-order valence-corrected chi connectivity index (χ0v) is 16.6. The molecule has 4 rings (SSSR count). The molecule has 1 aliphatic rings. The smallest absolute Gasteiger partial charge is 0.258 e. The number of carbonyl (C=O) groups is 2. The van der Waals surface area contributed by atoms with Gasteiger partial charge in [-0.3, -0.25) is 14.3 Å². The van der Waals surface area contributed by atoms with Gasteiger partial charge in [-0.2, -0.15) is 5.10 Å². The molecule has 1 saturated carbocycles. The number of ether oxygens (including phenoxy) is 1. The van der Waals surface area contributed by atoms with E-state index in [1.165, 1.54) is 0 Å². The van der Waals surface area contributed by atoms with Gasteiger partial charge >= 0.3 is 0 Å². The van der Waals surface area contributed by atoms with E-state index >= 15 is 0 Å². The molecular formula is C23H24N4O3. The molecule has 0 bridgehead atoms. The summed E-state index contributed by atoms with van der Waals surface area (Å²) in [6.07, 6.45) is 5.59. The molecular weight excluding hydrogens is 380 g/mol.